The topological polar surface area (TPSA) is 72.6 Å². The molecule has 0 spiro atoms. The Morgan fingerprint density at radius 1 is 1.31 bits per heavy atom. The van der Waals surface area contributed by atoms with Gasteiger partial charge in [-0.3, -0.25) is 4.84 Å². The third kappa shape index (κ3) is 2.04. The molecule has 0 radical (unpaired) electrons. The molecule has 16 heavy (non-hydrogen) atoms. The summed E-state index contributed by atoms with van der Waals surface area (Å²) in [6.45, 7) is 3.40. The average molecular weight is 244 g/mol. The van der Waals surface area contributed by atoms with Crippen molar-refractivity contribution in [1.29, 1.82) is 0 Å². The molecular weight excluding hydrogens is 228 g/mol. The first-order valence-electron chi connectivity index (χ1n) is 4.71. The highest BCUT2D eigenvalue weighted by Crippen LogP contribution is 2.26. The Morgan fingerprint density at radius 3 is 2.38 bits per heavy atom. The molecular formula is C10H16N2O3S. The lowest BCUT2D eigenvalue weighted by Crippen LogP contribution is -2.27. The maximum Gasteiger partial charge on any atom is 0.265 e. The summed E-state index contributed by atoms with van der Waals surface area (Å²) >= 11 is 0. The molecule has 0 aliphatic rings. The van der Waals surface area contributed by atoms with Crippen molar-refractivity contribution in [3.8, 4) is 0 Å². The lowest BCUT2D eigenvalue weighted by atomic mass is 10.1. The number of nitrogens with two attached hydrogens (primary N) is 1. The van der Waals surface area contributed by atoms with Crippen molar-refractivity contribution in [2.45, 2.75) is 18.7 Å². The van der Waals surface area contributed by atoms with Crippen LogP contribution >= 0.6 is 0 Å². The second-order valence-corrected chi connectivity index (χ2v) is 5.40. The van der Waals surface area contributed by atoms with E-state index in [0.29, 0.717) is 16.8 Å². The second kappa shape index (κ2) is 4.40. The summed E-state index contributed by atoms with van der Waals surface area (Å²) in [6.07, 6.45) is 0. The van der Waals surface area contributed by atoms with Crippen molar-refractivity contribution in [2.75, 3.05) is 19.9 Å². The minimum atomic E-state index is -3.64. The van der Waals surface area contributed by atoms with Gasteiger partial charge < -0.3 is 5.73 Å². The largest absolute Gasteiger partial charge is 0.398 e. The number of nitrogens with zero attached hydrogens (tertiary/aromatic N) is 1. The maximum atomic E-state index is 12.1. The molecule has 0 atom stereocenters. The van der Waals surface area contributed by atoms with Gasteiger partial charge in [-0.15, -0.1) is 0 Å². The van der Waals surface area contributed by atoms with Gasteiger partial charge in [0.15, 0.2) is 0 Å². The molecule has 1 rings (SSSR count). The van der Waals surface area contributed by atoms with Gasteiger partial charge in [0.05, 0.1) is 12.0 Å². The van der Waals surface area contributed by atoms with Crippen molar-refractivity contribution >= 4 is 15.7 Å². The van der Waals surface area contributed by atoms with Gasteiger partial charge in [0.1, 0.15) is 0 Å². The van der Waals surface area contributed by atoms with Crippen molar-refractivity contribution < 1.29 is 13.3 Å². The summed E-state index contributed by atoms with van der Waals surface area (Å²) in [6, 6.07) is 3.37. The van der Waals surface area contributed by atoms with Crippen LogP contribution in [-0.2, 0) is 14.9 Å². The number of hydrogen-bond donors (Lipinski definition) is 1. The molecule has 0 unspecified atom stereocenters. The summed E-state index contributed by atoms with van der Waals surface area (Å²) < 4.78 is 25.0. The molecule has 0 aliphatic carbocycles. The minimum absolute atomic E-state index is 0.205. The van der Waals surface area contributed by atoms with Gasteiger partial charge in [0.25, 0.3) is 10.0 Å². The minimum Gasteiger partial charge on any atom is -0.398 e. The highest BCUT2D eigenvalue weighted by Gasteiger charge is 2.25. The predicted octanol–water partition coefficient (Wildman–Crippen LogP) is 1.07. The van der Waals surface area contributed by atoms with Crippen molar-refractivity contribution in [3.63, 3.8) is 0 Å². The molecule has 0 saturated carbocycles. The van der Waals surface area contributed by atoms with Crippen LogP contribution in [0.15, 0.2) is 17.0 Å². The molecule has 0 amide bonds. The van der Waals surface area contributed by atoms with Crippen molar-refractivity contribution in [1.82, 2.24) is 4.47 Å². The Morgan fingerprint density at radius 2 is 1.88 bits per heavy atom. The number of aryl methyl sites for hydroxylation is 1. The summed E-state index contributed by atoms with van der Waals surface area (Å²) in [7, 11) is -0.997. The Hall–Kier alpha value is -1.11. The zero-order valence-corrected chi connectivity index (χ0v) is 10.6. The fourth-order valence-electron chi connectivity index (χ4n) is 1.47. The van der Waals surface area contributed by atoms with Gasteiger partial charge in [-0.05, 0) is 31.0 Å². The molecule has 0 heterocycles. The molecule has 0 aliphatic heterocycles. The summed E-state index contributed by atoms with van der Waals surface area (Å²) in [5, 5.41) is 0. The van der Waals surface area contributed by atoms with Gasteiger partial charge in [-0.2, -0.15) is 0 Å². The van der Waals surface area contributed by atoms with Crippen molar-refractivity contribution in [3.05, 3.63) is 23.3 Å². The van der Waals surface area contributed by atoms with E-state index in [1.54, 1.807) is 26.0 Å². The Labute approximate surface area is 95.8 Å². The number of anilines is 1. The number of benzene rings is 1. The first-order valence-corrected chi connectivity index (χ1v) is 6.15. The molecule has 1 aromatic rings. The lowest BCUT2D eigenvalue weighted by molar-refractivity contribution is -0.0259. The number of hydroxylamine groups is 1. The van der Waals surface area contributed by atoms with E-state index in [4.69, 9.17) is 10.6 Å². The first-order chi connectivity index (χ1) is 7.32. The standard InChI is InChI=1S/C10H16N2O3S/c1-7-5-6-9(11)8(2)10(7)16(13,14)12(3)15-4/h5-6H,11H2,1-4H3. The number of hydrogen-bond acceptors (Lipinski definition) is 4. The van der Waals surface area contributed by atoms with Gasteiger partial charge in [-0.25, -0.2) is 8.42 Å². The van der Waals surface area contributed by atoms with Gasteiger partial charge in [0.2, 0.25) is 0 Å². The zero-order chi connectivity index (χ0) is 12.5. The predicted molar refractivity (Wildman–Crippen MR) is 62.3 cm³/mol. The number of sulfonamides is 1. The highest BCUT2D eigenvalue weighted by atomic mass is 32.2. The Bertz CT molecular complexity index is 497. The quantitative estimate of drug-likeness (QED) is 0.637. The molecule has 0 aromatic heterocycles. The number of rotatable bonds is 3. The van der Waals surface area contributed by atoms with Crippen LogP contribution in [0.3, 0.4) is 0 Å². The smallest absolute Gasteiger partial charge is 0.265 e. The normalized spacial score (nSPS) is 12.1. The molecule has 90 valence electrons. The van der Waals surface area contributed by atoms with Crippen LogP contribution in [0.2, 0.25) is 0 Å². The monoisotopic (exact) mass is 244 g/mol. The lowest BCUT2D eigenvalue weighted by Gasteiger charge is -2.18. The van der Waals surface area contributed by atoms with Gasteiger partial charge >= 0.3 is 0 Å². The van der Waals surface area contributed by atoms with Crippen LogP contribution in [0, 0.1) is 13.8 Å². The Balaban J connectivity index is 3.50. The molecule has 6 heteroatoms. The highest BCUT2D eigenvalue weighted by molar-refractivity contribution is 7.89. The maximum absolute atomic E-state index is 12.1. The summed E-state index contributed by atoms with van der Waals surface area (Å²) in [5.41, 5.74) is 7.35. The van der Waals surface area contributed by atoms with E-state index in [1.807, 2.05) is 0 Å². The van der Waals surface area contributed by atoms with Crippen LogP contribution in [0.4, 0.5) is 5.69 Å². The molecule has 1 aromatic carbocycles. The van der Waals surface area contributed by atoms with Gasteiger partial charge in [-0.1, -0.05) is 10.5 Å². The molecule has 5 nitrogen and oxygen atoms in total. The fraction of sp³-hybridized carbons (Fsp3) is 0.400. The van der Waals surface area contributed by atoms with Crippen LogP contribution in [0.1, 0.15) is 11.1 Å². The first kappa shape index (κ1) is 13.0. The van der Waals surface area contributed by atoms with Crippen LogP contribution in [-0.4, -0.2) is 27.0 Å². The summed E-state index contributed by atoms with van der Waals surface area (Å²) in [5.74, 6) is 0. The molecule has 0 saturated heterocycles. The van der Waals surface area contributed by atoms with E-state index in [2.05, 4.69) is 0 Å². The van der Waals surface area contributed by atoms with E-state index in [1.165, 1.54) is 14.2 Å². The van der Waals surface area contributed by atoms with E-state index in [9.17, 15) is 8.42 Å². The average Bonchev–Trinajstić information content (AvgIpc) is 2.22. The van der Waals surface area contributed by atoms with Crippen LogP contribution in [0.25, 0.3) is 0 Å². The Kier molecular flexibility index (Phi) is 3.57. The molecule has 0 fully saturated rings. The summed E-state index contributed by atoms with van der Waals surface area (Å²) in [4.78, 5) is 4.93. The van der Waals surface area contributed by atoms with Crippen LogP contribution < -0.4 is 5.73 Å². The van der Waals surface area contributed by atoms with E-state index < -0.39 is 10.0 Å². The van der Waals surface area contributed by atoms with Crippen LogP contribution in [0.5, 0.6) is 0 Å². The van der Waals surface area contributed by atoms with Gasteiger partial charge in [0, 0.05) is 12.7 Å². The molecule has 0 bridgehead atoms. The fourth-order valence-corrected chi connectivity index (χ4v) is 2.90. The SMILES string of the molecule is CON(C)S(=O)(=O)c1c(C)ccc(N)c1C. The number of nitrogen functional groups attached to an aromatic ring is 1. The third-order valence-corrected chi connectivity index (χ3v) is 4.47. The van der Waals surface area contributed by atoms with E-state index in [-0.39, 0.29) is 4.90 Å². The second-order valence-electron chi connectivity index (χ2n) is 3.52. The third-order valence-electron chi connectivity index (χ3n) is 2.50. The van der Waals surface area contributed by atoms with Crippen molar-refractivity contribution in [2.24, 2.45) is 0 Å². The van der Waals surface area contributed by atoms with E-state index >= 15 is 0 Å². The zero-order valence-electron chi connectivity index (χ0n) is 9.81. The molecule has 2 N–H and O–H groups in total. The van der Waals surface area contributed by atoms with E-state index in [0.717, 1.165) is 4.47 Å².